The second kappa shape index (κ2) is 7.82. The minimum Gasteiger partial charge on any atom is -0.337 e. The zero-order valence-electron chi connectivity index (χ0n) is 17.5. The van der Waals surface area contributed by atoms with Crippen molar-refractivity contribution in [1.82, 2.24) is 24.5 Å². The summed E-state index contributed by atoms with van der Waals surface area (Å²) in [5, 5.41) is 4.25. The molecule has 0 spiro atoms. The Morgan fingerprint density at radius 2 is 1.81 bits per heavy atom. The van der Waals surface area contributed by atoms with Crippen LogP contribution >= 0.6 is 0 Å². The first kappa shape index (κ1) is 21.1. The smallest absolute Gasteiger partial charge is 0.337 e. The third-order valence-electron chi connectivity index (χ3n) is 5.36. The zero-order chi connectivity index (χ0) is 22.3. The number of alkyl halides is 3. The molecule has 1 aliphatic heterocycles. The summed E-state index contributed by atoms with van der Waals surface area (Å²) in [6.45, 7) is 6.95. The Morgan fingerprint density at radius 1 is 1.10 bits per heavy atom. The van der Waals surface area contributed by atoms with Crippen molar-refractivity contribution in [3.63, 3.8) is 0 Å². The van der Waals surface area contributed by atoms with E-state index in [0.29, 0.717) is 37.4 Å². The van der Waals surface area contributed by atoms with Gasteiger partial charge in [-0.05, 0) is 30.5 Å². The van der Waals surface area contributed by atoms with Gasteiger partial charge >= 0.3 is 6.18 Å². The van der Waals surface area contributed by atoms with Crippen LogP contribution < -0.4 is 4.90 Å². The van der Waals surface area contributed by atoms with Crippen molar-refractivity contribution in [1.29, 1.82) is 0 Å². The van der Waals surface area contributed by atoms with Gasteiger partial charge in [0, 0.05) is 38.1 Å². The molecule has 1 saturated heterocycles. The van der Waals surface area contributed by atoms with Crippen LogP contribution in [0.4, 0.5) is 19.1 Å². The van der Waals surface area contributed by atoms with Gasteiger partial charge in [-0.25, -0.2) is 14.5 Å². The SMILES string of the molecule is Cc1ccc2c(C(=O)N3CCN(c4nc(C(C)C)cc(C(F)(F)F)n4)CC3)cnn2c1. The van der Waals surface area contributed by atoms with E-state index in [9.17, 15) is 18.0 Å². The topological polar surface area (TPSA) is 66.6 Å². The molecule has 0 N–H and O–H groups in total. The number of aryl methyl sites for hydroxylation is 1. The van der Waals surface area contributed by atoms with E-state index in [4.69, 9.17) is 0 Å². The fourth-order valence-corrected chi connectivity index (χ4v) is 3.57. The molecule has 7 nitrogen and oxygen atoms in total. The van der Waals surface area contributed by atoms with Gasteiger partial charge in [0.25, 0.3) is 5.91 Å². The number of nitrogens with zero attached hydrogens (tertiary/aromatic N) is 6. The van der Waals surface area contributed by atoms with Gasteiger partial charge in [-0.3, -0.25) is 4.79 Å². The zero-order valence-corrected chi connectivity index (χ0v) is 17.5. The predicted octanol–water partition coefficient (Wildman–Crippen LogP) is 3.54. The molecule has 0 atom stereocenters. The number of halogens is 3. The lowest BCUT2D eigenvalue weighted by Crippen LogP contribution is -2.49. The van der Waals surface area contributed by atoms with Crippen LogP contribution in [0.5, 0.6) is 0 Å². The van der Waals surface area contributed by atoms with Crippen molar-refractivity contribution in [2.45, 2.75) is 32.9 Å². The molecule has 10 heteroatoms. The first-order chi connectivity index (χ1) is 14.6. The number of pyridine rings is 1. The summed E-state index contributed by atoms with van der Waals surface area (Å²) in [6, 6.07) is 4.78. The first-order valence-electron chi connectivity index (χ1n) is 10.1. The Kier molecular flexibility index (Phi) is 5.32. The van der Waals surface area contributed by atoms with Crippen LogP contribution in [0.1, 0.15) is 47.1 Å². The Bertz CT molecular complexity index is 1120. The highest BCUT2D eigenvalue weighted by molar-refractivity contribution is 6.00. The number of fused-ring (bicyclic) bond motifs is 1. The van der Waals surface area contributed by atoms with Crippen LogP contribution in [-0.2, 0) is 6.18 Å². The van der Waals surface area contributed by atoms with E-state index < -0.39 is 11.9 Å². The van der Waals surface area contributed by atoms with Gasteiger partial charge < -0.3 is 9.80 Å². The third kappa shape index (κ3) is 4.19. The van der Waals surface area contributed by atoms with Crippen LogP contribution in [-0.4, -0.2) is 56.6 Å². The number of rotatable bonds is 3. The maximum absolute atomic E-state index is 13.3. The summed E-state index contributed by atoms with van der Waals surface area (Å²) in [4.78, 5) is 24.5. The monoisotopic (exact) mass is 432 g/mol. The van der Waals surface area contributed by atoms with Gasteiger partial charge in [0.2, 0.25) is 5.95 Å². The maximum atomic E-state index is 13.3. The third-order valence-corrected chi connectivity index (χ3v) is 5.36. The molecule has 0 radical (unpaired) electrons. The molecule has 0 saturated carbocycles. The number of amides is 1. The largest absolute Gasteiger partial charge is 0.433 e. The molecule has 0 unspecified atom stereocenters. The Hall–Kier alpha value is -3.17. The molecule has 4 heterocycles. The lowest BCUT2D eigenvalue weighted by atomic mass is 10.1. The van der Waals surface area contributed by atoms with Crippen molar-refractivity contribution in [3.05, 3.63) is 53.1 Å². The van der Waals surface area contributed by atoms with Crippen molar-refractivity contribution < 1.29 is 18.0 Å². The second-order valence-electron chi connectivity index (χ2n) is 8.00. The molecule has 4 rings (SSSR count). The summed E-state index contributed by atoms with van der Waals surface area (Å²) < 4.78 is 41.5. The lowest BCUT2D eigenvalue weighted by molar-refractivity contribution is -0.141. The summed E-state index contributed by atoms with van der Waals surface area (Å²) in [5.41, 5.74) is 1.66. The van der Waals surface area contributed by atoms with Crippen molar-refractivity contribution in [2.75, 3.05) is 31.1 Å². The molecule has 164 valence electrons. The van der Waals surface area contributed by atoms with Gasteiger partial charge in [0.1, 0.15) is 5.69 Å². The number of hydrogen-bond acceptors (Lipinski definition) is 5. The summed E-state index contributed by atoms with van der Waals surface area (Å²) in [6.07, 6.45) is -1.14. The van der Waals surface area contributed by atoms with E-state index in [1.54, 1.807) is 34.4 Å². The quantitative estimate of drug-likeness (QED) is 0.634. The number of carbonyl (C=O) groups excluding carboxylic acids is 1. The molecular formula is C21H23F3N6O. The molecular weight excluding hydrogens is 409 g/mol. The number of carbonyl (C=O) groups is 1. The van der Waals surface area contributed by atoms with Gasteiger partial charge in [-0.15, -0.1) is 0 Å². The highest BCUT2D eigenvalue weighted by Gasteiger charge is 2.35. The molecule has 3 aromatic rings. The highest BCUT2D eigenvalue weighted by atomic mass is 19.4. The number of hydrogen-bond donors (Lipinski definition) is 0. The van der Waals surface area contributed by atoms with E-state index in [0.717, 1.165) is 17.1 Å². The Morgan fingerprint density at radius 3 is 2.45 bits per heavy atom. The molecule has 31 heavy (non-hydrogen) atoms. The number of aromatic nitrogens is 4. The highest BCUT2D eigenvalue weighted by Crippen LogP contribution is 2.31. The molecule has 3 aromatic heterocycles. The minimum absolute atomic E-state index is 0.0529. The van der Waals surface area contributed by atoms with Gasteiger partial charge in [0.05, 0.1) is 17.3 Å². The average molecular weight is 432 g/mol. The van der Waals surface area contributed by atoms with Crippen LogP contribution in [0.15, 0.2) is 30.6 Å². The summed E-state index contributed by atoms with van der Waals surface area (Å²) in [5.74, 6) is -0.256. The fraction of sp³-hybridized carbons (Fsp3) is 0.429. The standard InChI is InChI=1S/C21H23F3N6O/c1-13(2)16-10-18(21(22,23)24)27-20(26-16)29-8-6-28(7-9-29)19(31)15-11-25-30-12-14(3)4-5-17(15)30/h4-5,10-13H,6-9H2,1-3H3. The van der Waals surface area contributed by atoms with Crippen LogP contribution in [0, 0.1) is 6.92 Å². The van der Waals surface area contributed by atoms with Gasteiger partial charge in [-0.2, -0.15) is 18.3 Å². The minimum atomic E-state index is -4.54. The number of piperazine rings is 1. The Balaban J connectivity index is 1.52. The number of anilines is 1. The first-order valence-corrected chi connectivity index (χ1v) is 10.1. The van der Waals surface area contributed by atoms with Crippen LogP contribution in [0.2, 0.25) is 0 Å². The van der Waals surface area contributed by atoms with Crippen LogP contribution in [0.25, 0.3) is 5.52 Å². The van der Waals surface area contributed by atoms with Gasteiger partial charge in [0.15, 0.2) is 0 Å². The molecule has 0 aliphatic carbocycles. The van der Waals surface area contributed by atoms with E-state index in [2.05, 4.69) is 15.1 Å². The molecule has 1 aliphatic rings. The molecule has 1 amide bonds. The van der Waals surface area contributed by atoms with Gasteiger partial charge in [-0.1, -0.05) is 19.9 Å². The summed E-state index contributed by atoms with van der Waals surface area (Å²) in [7, 11) is 0. The normalized spacial score (nSPS) is 15.2. The van der Waals surface area contributed by atoms with E-state index in [1.165, 1.54) is 0 Å². The molecule has 0 aromatic carbocycles. The van der Waals surface area contributed by atoms with Crippen LogP contribution in [0.3, 0.4) is 0 Å². The fourth-order valence-electron chi connectivity index (χ4n) is 3.57. The molecule has 0 bridgehead atoms. The van der Waals surface area contributed by atoms with Crippen molar-refractivity contribution >= 4 is 17.4 Å². The lowest BCUT2D eigenvalue weighted by Gasteiger charge is -2.35. The average Bonchev–Trinajstić information content (AvgIpc) is 3.15. The maximum Gasteiger partial charge on any atom is 0.433 e. The van der Waals surface area contributed by atoms with E-state index in [1.807, 2.05) is 25.3 Å². The summed E-state index contributed by atoms with van der Waals surface area (Å²) >= 11 is 0. The Labute approximate surface area is 177 Å². The predicted molar refractivity (Wildman–Crippen MR) is 109 cm³/mol. The van der Waals surface area contributed by atoms with E-state index in [-0.39, 0.29) is 17.8 Å². The second-order valence-corrected chi connectivity index (χ2v) is 8.00. The van der Waals surface area contributed by atoms with Crippen molar-refractivity contribution in [2.24, 2.45) is 0 Å². The molecule has 1 fully saturated rings. The van der Waals surface area contributed by atoms with E-state index >= 15 is 0 Å². The van der Waals surface area contributed by atoms with Crippen molar-refractivity contribution in [3.8, 4) is 0 Å².